The molecule has 0 bridgehead atoms. The fourth-order valence-electron chi connectivity index (χ4n) is 0.671. The van der Waals surface area contributed by atoms with Crippen LogP contribution in [0.25, 0.3) is 0 Å². The molecule has 3 N–H and O–H groups in total. The average molecular weight is 152 g/mol. The topological polar surface area (TPSA) is 38.2 Å². The van der Waals surface area contributed by atoms with Crippen LogP contribution in [0, 0.1) is 0 Å². The van der Waals surface area contributed by atoms with Crippen LogP contribution in [-0.4, -0.2) is 24.5 Å². The van der Waals surface area contributed by atoms with Gasteiger partial charge in [-0.05, 0) is 19.6 Å². The lowest BCUT2D eigenvalue weighted by Crippen LogP contribution is -2.21. The Bertz CT molecular complexity index is 32.5. The third-order valence-electron chi connectivity index (χ3n) is 1.34. The number of hydrogen-bond acceptors (Lipinski definition) is 2. The molecule has 0 heterocycles. The lowest BCUT2D eigenvalue weighted by atomic mass is 10.5. The predicted octanol–water partition coefficient (Wildman–Crippen LogP) is 1.57. The first-order chi connectivity index (χ1) is 3.35. The van der Waals surface area contributed by atoms with Crippen LogP contribution in [0.2, 0.25) is 0 Å². The average Bonchev–Trinajstić information content (AvgIpc) is 1.72. The predicted molar refractivity (Wildman–Crippen MR) is 49.6 cm³/mol. The molecule has 0 rings (SSSR count). The Morgan fingerprint density at radius 3 is 1.11 bits per heavy atom. The molecule has 0 saturated heterocycles. The maximum Gasteiger partial charge on any atom is -0.00474 e. The van der Waals surface area contributed by atoms with Crippen LogP contribution < -0.4 is 6.15 Å². The molecule has 1 unspecified atom stereocenters. The molecule has 0 aliphatic carbocycles. The van der Waals surface area contributed by atoms with Crippen LogP contribution >= 0.6 is 9.90 Å². The van der Waals surface area contributed by atoms with Crippen LogP contribution in [0.3, 0.4) is 0 Å². The molecule has 0 aliphatic heterocycles. The second kappa shape index (κ2) is 11.2. The van der Waals surface area contributed by atoms with E-state index in [0.717, 1.165) is 0 Å². The minimum atomic E-state index is 0. The standard InChI is InChI=1S/C6H15N.H3N.H3P/c1-4-7(5-2)6-3;;/h4-6H2,1-3H3;2*1H3. The van der Waals surface area contributed by atoms with Gasteiger partial charge in [-0.2, -0.15) is 9.90 Å². The number of nitrogens with zero attached hydrogens (tertiary/aromatic N) is 1. The lowest BCUT2D eigenvalue weighted by Gasteiger charge is -2.13. The van der Waals surface area contributed by atoms with E-state index in [1.807, 2.05) is 0 Å². The van der Waals surface area contributed by atoms with E-state index in [1.165, 1.54) is 19.6 Å². The molecule has 0 fully saturated rings. The van der Waals surface area contributed by atoms with Gasteiger partial charge in [0.05, 0.1) is 0 Å². The first kappa shape index (κ1) is 16.2. The van der Waals surface area contributed by atoms with Gasteiger partial charge >= 0.3 is 0 Å². The Morgan fingerprint density at radius 1 is 0.889 bits per heavy atom. The maximum atomic E-state index is 2.38. The van der Waals surface area contributed by atoms with Gasteiger partial charge < -0.3 is 11.1 Å². The molecule has 1 atom stereocenters. The van der Waals surface area contributed by atoms with Crippen LogP contribution in [-0.2, 0) is 0 Å². The van der Waals surface area contributed by atoms with Crippen LogP contribution in [0.15, 0.2) is 0 Å². The van der Waals surface area contributed by atoms with E-state index in [9.17, 15) is 0 Å². The van der Waals surface area contributed by atoms with E-state index in [1.54, 1.807) is 0 Å². The van der Waals surface area contributed by atoms with E-state index < -0.39 is 0 Å². The third kappa shape index (κ3) is 8.35. The largest absolute Gasteiger partial charge is 0.344 e. The van der Waals surface area contributed by atoms with Crippen molar-refractivity contribution in [3.8, 4) is 0 Å². The summed E-state index contributed by atoms with van der Waals surface area (Å²) >= 11 is 0. The van der Waals surface area contributed by atoms with Gasteiger partial charge in [-0.15, -0.1) is 0 Å². The summed E-state index contributed by atoms with van der Waals surface area (Å²) in [4.78, 5) is 2.38. The molecule has 60 valence electrons. The molecule has 0 aromatic heterocycles. The molecule has 3 heteroatoms. The highest BCUT2D eigenvalue weighted by molar-refractivity contribution is 6.92. The Morgan fingerprint density at radius 2 is 1.11 bits per heavy atom. The smallest absolute Gasteiger partial charge is 0.00474 e. The number of rotatable bonds is 3. The minimum absolute atomic E-state index is 0. The van der Waals surface area contributed by atoms with Crippen molar-refractivity contribution in [2.75, 3.05) is 19.6 Å². The van der Waals surface area contributed by atoms with Crippen molar-refractivity contribution >= 4 is 9.90 Å². The summed E-state index contributed by atoms with van der Waals surface area (Å²) in [5.74, 6) is 0. The molecule has 0 aromatic carbocycles. The number of hydrogen-bond donors (Lipinski definition) is 1. The van der Waals surface area contributed by atoms with Crippen molar-refractivity contribution in [2.24, 2.45) is 0 Å². The zero-order valence-electron chi connectivity index (χ0n) is 6.98. The summed E-state index contributed by atoms with van der Waals surface area (Å²) in [5.41, 5.74) is 0. The molecule has 0 aliphatic rings. The highest BCUT2D eigenvalue weighted by atomic mass is 31.0. The normalized spacial score (nSPS) is 8.00. The molecule has 0 radical (unpaired) electrons. The van der Waals surface area contributed by atoms with Gasteiger partial charge in [0.25, 0.3) is 0 Å². The Balaban J connectivity index is -0.000000180. The Labute approximate surface area is 62.2 Å². The molecule has 0 amide bonds. The van der Waals surface area contributed by atoms with Crippen molar-refractivity contribution in [1.82, 2.24) is 11.1 Å². The van der Waals surface area contributed by atoms with E-state index in [0.29, 0.717) is 0 Å². The summed E-state index contributed by atoms with van der Waals surface area (Å²) in [7, 11) is 0. The Hall–Kier alpha value is 0.350. The highest BCUT2D eigenvalue weighted by Crippen LogP contribution is 1.81. The van der Waals surface area contributed by atoms with Crippen LogP contribution in [0.1, 0.15) is 20.8 Å². The van der Waals surface area contributed by atoms with Gasteiger partial charge in [0.1, 0.15) is 0 Å². The van der Waals surface area contributed by atoms with Crippen molar-refractivity contribution in [3.05, 3.63) is 0 Å². The van der Waals surface area contributed by atoms with Crippen molar-refractivity contribution in [3.63, 3.8) is 0 Å². The molecule has 0 aromatic rings. The molecular formula is C6H21N2P. The fraction of sp³-hybridized carbons (Fsp3) is 1.00. The molecule has 2 nitrogen and oxygen atoms in total. The summed E-state index contributed by atoms with van der Waals surface area (Å²) in [6.07, 6.45) is 0. The summed E-state index contributed by atoms with van der Waals surface area (Å²) < 4.78 is 0. The van der Waals surface area contributed by atoms with E-state index >= 15 is 0 Å². The molecule has 0 spiro atoms. The molecular weight excluding hydrogens is 131 g/mol. The van der Waals surface area contributed by atoms with Crippen molar-refractivity contribution in [1.29, 1.82) is 0 Å². The summed E-state index contributed by atoms with van der Waals surface area (Å²) in [6.45, 7) is 10.1. The van der Waals surface area contributed by atoms with Crippen molar-refractivity contribution < 1.29 is 0 Å². The molecule has 9 heavy (non-hydrogen) atoms. The van der Waals surface area contributed by atoms with E-state index in [2.05, 4.69) is 25.7 Å². The van der Waals surface area contributed by atoms with Gasteiger partial charge in [0, 0.05) is 0 Å². The highest BCUT2D eigenvalue weighted by Gasteiger charge is 1.89. The quantitative estimate of drug-likeness (QED) is 0.623. The first-order valence-corrected chi connectivity index (χ1v) is 3.07. The van der Waals surface area contributed by atoms with Gasteiger partial charge in [-0.3, -0.25) is 0 Å². The fourth-order valence-corrected chi connectivity index (χ4v) is 0.671. The zero-order chi connectivity index (χ0) is 5.70. The van der Waals surface area contributed by atoms with E-state index in [4.69, 9.17) is 0 Å². The lowest BCUT2D eigenvalue weighted by molar-refractivity contribution is 0.321. The monoisotopic (exact) mass is 152 g/mol. The van der Waals surface area contributed by atoms with Gasteiger partial charge in [-0.1, -0.05) is 20.8 Å². The SMILES string of the molecule is CCN(CC)CC.N.P. The minimum Gasteiger partial charge on any atom is -0.344 e. The van der Waals surface area contributed by atoms with Crippen molar-refractivity contribution in [2.45, 2.75) is 20.8 Å². The van der Waals surface area contributed by atoms with Gasteiger partial charge in [-0.25, -0.2) is 0 Å². The second-order valence-corrected chi connectivity index (χ2v) is 1.62. The van der Waals surface area contributed by atoms with Crippen LogP contribution in [0.5, 0.6) is 0 Å². The maximum absolute atomic E-state index is 2.38. The third-order valence-corrected chi connectivity index (χ3v) is 1.34. The molecule has 0 saturated carbocycles. The summed E-state index contributed by atoms with van der Waals surface area (Å²) in [6, 6.07) is 0. The summed E-state index contributed by atoms with van der Waals surface area (Å²) in [5, 5.41) is 0. The zero-order valence-corrected chi connectivity index (χ0v) is 8.40. The van der Waals surface area contributed by atoms with Gasteiger partial charge in [0.2, 0.25) is 0 Å². The first-order valence-electron chi connectivity index (χ1n) is 3.07. The second-order valence-electron chi connectivity index (χ2n) is 1.62. The van der Waals surface area contributed by atoms with Gasteiger partial charge in [0.15, 0.2) is 0 Å². The van der Waals surface area contributed by atoms with E-state index in [-0.39, 0.29) is 16.0 Å². The Kier molecular flexibility index (Phi) is 20.1. The van der Waals surface area contributed by atoms with Crippen LogP contribution in [0.4, 0.5) is 0 Å².